The van der Waals surface area contributed by atoms with E-state index >= 15 is 0 Å². The first kappa shape index (κ1) is 11.7. The number of aliphatic hydroxyl groups excluding tert-OH is 1. The summed E-state index contributed by atoms with van der Waals surface area (Å²) in [4.78, 5) is 0. The van der Waals surface area contributed by atoms with Gasteiger partial charge in [0.15, 0.2) is 6.10 Å². The molecule has 4 rings (SSSR count). The van der Waals surface area contributed by atoms with E-state index in [4.69, 9.17) is 0 Å². The number of nitrogens with zero attached hydrogens (tertiary/aromatic N) is 2. The zero-order chi connectivity index (χ0) is 13.9. The Hall–Kier alpha value is -2.14. The molecule has 2 aromatic rings. The topological polar surface area (TPSA) is 74.1 Å². The Bertz CT molecular complexity index is 728. The number of rotatable bonds is 0. The van der Waals surface area contributed by atoms with Crippen molar-refractivity contribution >= 4 is 0 Å². The van der Waals surface area contributed by atoms with Gasteiger partial charge in [-0.15, -0.1) is 0 Å². The third kappa shape index (κ3) is 1.30. The van der Waals surface area contributed by atoms with Gasteiger partial charge in [-0.1, -0.05) is 18.2 Å². The van der Waals surface area contributed by atoms with E-state index in [1.807, 2.05) is 6.07 Å². The summed E-state index contributed by atoms with van der Waals surface area (Å²) in [6.07, 6.45) is 2.07. The first-order chi connectivity index (χ1) is 9.70. The van der Waals surface area contributed by atoms with E-state index < -0.39 is 6.10 Å². The van der Waals surface area contributed by atoms with Crippen molar-refractivity contribution in [2.45, 2.75) is 31.8 Å². The summed E-state index contributed by atoms with van der Waals surface area (Å²) < 4.78 is 1.66. The van der Waals surface area contributed by atoms with Gasteiger partial charge in [-0.2, -0.15) is 9.46 Å². The highest BCUT2D eigenvalue weighted by Gasteiger charge is 2.45. The molecule has 5 heteroatoms. The lowest BCUT2D eigenvalue weighted by Crippen LogP contribution is -2.50. The number of hydrogen-bond acceptors (Lipinski definition) is 3. The molecule has 2 aliphatic rings. The van der Waals surface area contributed by atoms with E-state index in [-0.39, 0.29) is 5.69 Å². The fourth-order valence-electron chi connectivity index (χ4n) is 3.38. The maximum absolute atomic E-state index is 12.6. The third-order valence-corrected chi connectivity index (χ3v) is 4.33. The van der Waals surface area contributed by atoms with Crippen LogP contribution in [0.4, 0.5) is 0 Å². The molecule has 5 nitrogen and oxygen atoms in total. The van der Waals surface area contributed by atoms with Gasteiger partial charge in [0.2, 0.25) is 0 Å². The smallest absolute Gasteiger partial charge is 0.300 e. The van der Waals surface area contributed by atoms with Crippen LogP contribution in [0.15, 0.2) is 24.3 Å². The SMILES string of the molecule is [O-][n+]1c2c([n+]([O-])c3c1-c1ccccc1C3O)CCCC2. The molecule has 0 radical (unpaired) electrons. The fourth-order valence-corrected chi connectivity index (χ4v) is 3.38. The lowest BCUT2D eigenvalue weighted by atomic mass is 9.99. The van der Waals surface area contributed by atoms with Crippen molar-refractivity contribution in [2.75, 3.05) is 0 Å². The van der Waals surface area contributed by atoms with Gasteiger partial charge in [0, 0.05) is 18.4 Å². The standard InChI is InChI=1S/C15H14N2O3/c18-15-10-6-2-1-5-9(10)13-14(15)17(20)12-8-4-3-7-11(12)16(13)19/h1-2,5-6,15,18H,3-4,7-8H2. The molecule has 20 heavy (non-hydrogen) atoms. The average Bonchev–Trinajstić information content (AvgIpc) is 2.79. The quantitative estimate of drug-likeness (QED) is 0.571. The van der Waals surface area contributed by atoms with Crippen molar-refractivity contribution in [3.05, 3.63) is 57.3 Å². The van der Waals surface area contributed by atoms with Crippen molar-refractivity contribution < 1.29 is 14.6 Å². The van der Waals surface area contributed by atoms with Crippen LogP contribution >= 0.6 is 0 Å². The lowest BCUT2D eigenvalue weighted by Gasteiger charge is -2.17. The molecule has 0 aliphatic heterocycles. The first-order valence-electron chi connectivity index (χ1n) is 6.88. The molecule has 1 aromatic carbocycles. The minimum absolute atomic E-state index is 0.182. The van der Waals surface area contributed by atoms with E-state index in [0.29, 0.717) is 41.1 Å². The third-order valence-electron chi connectivity index (χ3n) is 4.33. The molecule has 1 unspecified atom stereocenters. The normalized spacial score (nSPS) is 19.4. The van der Waals surface area contributed by atoms with Gasteiger partial charge >= 0.3 is 0 Å². The van der Waals surface area contributed by atoms with Crippen LogP contribution in [-0.4, -0.2) is 5.11 Å². The van der Waals surface area contributed by atoms with Crippen molar-refractivity contribution in [3.63, 3.8) is 0 Å². The number of aromatic nitrogens is 2. The summed E-state index contributed by atoms with van der Waals surface area (Å²) in [6.45, 7) is 0. The summed E-state index contributed by atoms with van der Waals surface area (Å²) >= 11 is 0. The predicted molar refractivity (Wildman–Crippen MR) is 70.5 cm³/mol. The molecule has 2 aliphatic carbocycles. The molecule has 0 saturated carbocycles. The zero-order valence-electron chi connectivity index (χ0n) is 10.9. The summed E-state index contributed by atoms with van der Waals surface area (Å²) in [5.41, 5.74) is 2.90. The van der Waals surface area contributed by atoms with Crippen LogP contribution in [0.3, 0.4) is 0 Å². The largest absolute Gasteiger partial charge is 0.618 e. The van der Waals surface area contributed by atoms with Crippen LogP contribution in [0.25, 0.3) is 11.3 Å². The Kier molecular flexibility index (Phi) is 2.29. The molecule has 1 atom stereocenters. The Morgan fingerprint density at radius 2 is 1.65 bits per heavy atom. The fraction of sp³-hybridized carbons (Fsp3) is 0.333. The minimum Gasteiger partial charge on any atom is -0.618 e. The van der Waals surface area contributed by atoms with Gasteiger partial charge in [0.1, 0.15) is 0 Å². The highest BCUT2D eigenvalue weighted by atomic mass is 16.5. The molecule has 0 bridgehead atoms. The lowest BCUT2D eigenvalue weighted by molar-refractivity contribution is -0.676. The van der Waals surface area contributed by atoms with Crippen molar-refractivity contribution in [3.8, 4) is 11.3 Å². The Balaban J connectivity index is 2.10. The second-order valence-electron chi connectivity index (χ2n) is 5.41. The molecular formula is C15H14N2O3. The van der Waals surface area contributed by atoms with E-state index in [9.17, 15) is 15.5 Å². The van der Waals surface area contributed by atoms with Crippen LogP contribution in [0, 0.1) is 10.4 Å². The summed E-state index contributed by atoms with van der Waals surface area (Å²) in [5, 5.41) is 35.5. The van der Waals surface area contributed by atoms with Gasteiger partial charge < -0.3 is 15.5 Å². The minimum atomic E-state index is -1.01. The molecule has 0 spiro atoms. The van der Waals surface area contributed by atoms with Crippen LogP contribution in [0.1, 0.15) is 41.6 Å². The molecule has 0 amide bonds. The Labute approximate surface area is 115 Å². The van der Waals surface area contributed by atoms with Crippen LogP contribution in [-0.2, 0) is 12.8 Å². The molecule has 1 N–H and O–H groups in total. The molecular weight excluding hydrogens is 256 g/mol. The molecule has 1 heterocycles. The van der Waals surface area contributed by atoms with Crippen molar-refractivity contribution in [2.24, 2.45) is 0 Å². The predicted octanol–water partition coefficient (Wildman–Crippen LogP) is 0.894. The Morgan fingerprint density at radius 3 is 2.40 bits per heavy atom. The number of benzene rings is 1. The van der Waals surface area contributed by atoms with E-state index in [1.54, 1.807) is 18.2 Å². The van der Waals surface area contributed by atoms with E-state index in [1.165, 1.54) is 0 Å². The second kappa shape index (κ2) is 3.93. The van der Waals surface area contributed by atoms with Gasteiger partial charge in [0.05, 0.1) is 5.56 Å². The monoisotopic (exact) mass is 270 g/mol. The summed E-state index contributed by atoms with van der Waals surface area (Å²) in [7, 11) is 0. The van der Waals surface area contributed by atoms with Crippen LogP contribution in [0.2, 0.25) is 0 Å². The number of aliphatic hydroxyl groups is 1. The van der Waals surface area contributed by atoms with Crippen LogP contribution in [0.5, 0.6) is 0 Å². The molecule has 0 fully saturated rings. The second-order valence-corrected chi connectivity index (χ2v) is 5.41. The Morgan fingerprint density at radius 1 is 1.00 bits per heavy atom. The molecule has 0 saturated heterocycles. The van der Waals surface area contributed by atoms with Crippen LogP contribution < -0.4 is 9.46 Å². The zero-order valence-corrected chi connectivity index (χ0v) is 10.9. The van der Waals surface area contributed by atoms with E-state index in [0.717, 1.165) is 22.3 Å². The van der Waals surface area contributed by atoms with Gasteiger partial charge in [0.25, 0.3) is 22.8 Å². The van der Waals surface area contributed by atoms with Gasteiger partial charge in [-0.3, -0.25) is 0 Å². The highest BCUT2D eigenvalue weighted by molar-refractivity contribution is 5.70. The summed E-state index contributed by atoms with van der Waals surface area (Å²) in [5.74, 6) is 0. The average molecular weight is 270 g/mol. The molecule has 1 aromatic heterocycles. The van der Waals surface area contributed by atoms with Gasteiger partial charge in [-0.05, 0) is 18.9 Å². The van der Waals surface area contributed by atoms with Crippen molar-refractivity contribution in [1.29, 1.82) is 0 Å². The molecule has 102 valence electrons. The van der Waals surface area contributed by atoms with E-state index in [2.05, 4.69) is 0 Å². The first-order valence-corrected chi connectivity index (χ1v) is 6.88. The van der Waals surface area contributed by atoms with Crippen molar-refractivity contribution in [1.82, 2.24) is 0 Å². The maximum atomic E-state index is 12.6. The summed E-state index contributed by atoms with van der Waals surface area (Å²) in [6, 6.07) is 7.17. The highest BCUT2D eigenvalue weighted by Crippen LogP contribution is 2.40. The number of fused-ring (bicyclic) bond motifs is 4. The maximum Gasteiger partial charge on any atom is 0.300 e. The van der Waals surface area contributed by atoms with Gasteiger partial charge in [-0.25, -0.2) is 0 Å². The number of hydrogen-bond donors (Lipinski definition) is 1.